The van der Waals surface area contributed by atoms with Crippen molar-refractivity contribution in [3.8, 4) is 10.8 Å². The van der Waals surface area contributed by atoms with E-state index in [9.17, 15) is 4.79 Å². The minimum Gasteiger partial charge on any atom is -0.387 e. The molecule has 4 rings (SSSR count). The van der Waals surface area contributed by atoms with Gasteiger partial charge in [-0.2, -0.15) is 4.68 Å². The van der Waals surface area contributed by atoms with E-state index in [1.54, 1.807) is 0 Å². The highest BCUT2D eigenvalue weighted by molar-refractivity contribution is 7.13. The molecule has 2 aromatic heterocycles. The van der Waals surface area contributed by atoms with Crippen LogP contribution in [0.2, 0.25) is 5.02 Å². The summed E-state index contributed by atoms with van der Waals surface area (Å²) >= 11 is 7.52. The second kappa shape index (κ2) is 6.78. The Labute approximate surface area is 154 Å². The minimum atomic E-state index is -0.444. The molecule has 0 spiro atoms. The van der Waals surface area contributed by atoms with Gasteiger partial charge in [-0.3, -0.25) is 5.32 Å². The van der Waals surface area contributed by atoms with Gasteiger partial charge in [-0.15, -0.1) is 16.4 Å². The maximum Gasteiger partial charge on any atom is 0.438 e. The maximum absolute atomic E-state index is 12.1. The lowest BCUT2D eigenvalue weighted by Gasteiger charge is -2.31. The summed E-state index contributed by atoms with van der Waals surface area (Å²) in [6.07, 6.45) is 4.37. The fraction of sp³-hybridized carbons (Fsp3) is 0.333. The summed E-state index contributed by atoms with van der Waals surface area (Å²) in [5.74, 6) is -0.0751. The molecule has 0 unspecified atom stereocenters. The van der Waals surface area contributed by atoms with Crippen LogP contribution in [0, 0.1) is 0 Å². The molecule has 1 fully saturated rings. The molecular weight excluding hydrogens is 358 g/mol. The first kappa shape index (κ1) is 16.6. The highest BCUT2D eigenvalue weighted by atomic mass is 35.5. The van der Waals surface area contributed by atoms with Crippen molar-refractivity contribution >= 4 is 22.9 Å². The third-order valence-corrected chi connectivity index (χ3v) is 5.87. The zero-order valence-electron chi connectivity index (χ0n) is 13.6. The number of rotatable bonds is 5. The predicted octanol–water partition coefficient (Wildman–Crippen LogP) is 4.23. The molecule has 1 saturated carbocycles. The number of halogens is 1. The summed E-state index contributed by atoms with van der Waals surface area (Å²) in [7, 11) is 0. The Morgan fingerprint density at radius 3 is 2.68 bits per heavy atom. The third kappa shape index (κ3) is 3.29. The van der Waals surface area contributed by atoms with Gasteiger partial charge in [0.1, 0.15) is 0 Å². The van der Waals surface area contributed by atoms with Crippen molar-refractivity contribution in [2.75, 3.05) is 0 Å². The molecule has 0 radical (unpaired) electrons. The topological polar surface area (TPSA) is 60.1 Å². The summed E-state index contributed by atoms with van der Waals surface area (Å²) in [6, 6.07) is 11.7. The average molecular weight is 376 g/mol. The van der Waals surface area contributed by atoms with Crippen LogP contribution >= 0.6 is 22.9 Å². The second-order valence-electron chi connectivity index (χ2n) is 6.28. The Bertz CT molecular complexity index is 893. The van der Waals surface area contributed by atoms with E-state index in [4.69, 9.17) is 16.0 Å². The fourth-order valence-electron chi connectivity index (χ4n) is 3.45. The number of nitrogens with one attached hydrogen (secondary N) is 1. The maximum atomic E-state index is 12.1. The van der Waals surface area contributed by atoms with Gasteiger partial charge in [0.15, 0.2) is 0 Å². The Morgan fingerprint density at radius 1 is 1.24 bits per heavy atom. The van der Waals surface area contributed by atoms with E-state index in [1.807, 2.05) is 29.6 Å². The van der Waals surface area contributed by atoms with E-state index in [0.29, 0.717) is 12.6 Å². The lowest BCUT2D eigenvalue weighted by Crippen LogP contribution is -2.42. The van der Waals surface area contributed by atoms with Crippen LogP contribution in [-0.2, 0) is 12.2 Å². The van der Waals surface area contributed by atoms with Crippen molar-refractivity contribution < 1.29 is 4.42 Å². The van der Waals surface area contributed by atoms with Crippen LogP contribution < -0.4 is 11.1 Å². The van der Waals surface area contributed by atoms with E-state index in [-0.39, 0.29) is 5.54 Å². The number of aromatic nitrogens is 2. The van der Waals surface area contributed by atoms with Crippen molar-refractivity contribution in [3.05, 3.63) is 62.9 Å². The van der Waals surface area contributed by atoms with Crippen LogP contribution in [0.15, 0.2) is 51.0 Å². The van der Waals surface area contributed by atoms with Crippen LogP contribution in [0.5, 0.6) is 0 Å². The quantitative estimate of drug-likeness (QED) is 0.724. The van der Waals surface area contributed by atoms with Crippen LogP contribution in [0.25, 0.3) is 10.8 Å². The van der Waals surface area contributed by atoms with E-state index >= 15 is 0 Å². The van der Waals surface area contributed by atoms with Gasteiger partial charge in [-0.1, -0.05) is 42.6 Å². The van der Waals surface area contributed by atoms with Crippen molar-refractivity contribution in [1.82, 2.24) is 15.1 Å². The monoisotopic (exact) mass is 375 g/mol. The number of hydrogen-bond acceptors (Lipinski definition) is 5. The molecule has 0 saturated heterocycles. The summed E-state index contributed by atoms with van der Waals surface area (Å²) < 4.78 is 6.63. The molecule has 1 aliphatic carbocycles. The molecular formula is C18H18ClN3O2S. The van der Waals surface area contributed by atoms with Gasteiger partial charge in [0, 0.05) is 10.6 Å². The Balaban J connectivity index is 1.56. The van der Waals surface area contributed by atoms with Gasteiger partial charge in [0.25, 0.3) is 5.89 Å². The SMILES string of the molecule is O=c1oc(-c2cccs2)nn1CNC1(c2ccc(Cl)cc2)CCCC1. The zero-order chi connectivity index (χ0) is 17.3. The van der Waals surface area contributed by atoms with Crippen LogP contribution in [0.4, 0.5) is 0 Å². The molecule has 0 aliphatic heterocycles. The van der Waals surface area contributed by atoms with Gasteiger partial charge in [-0.05, 0) is 42.0 Å². The molecule has 25 heavy (non-hydrogen) atoms. The predicted molar refractivity (Wildman–Crippen MR) is 98.8 cm³/mol. The average Bonchev–Trinajstić information content (AvgIpc) is 3.35. The number of thiophene rings is 1. The molecule has 130 valence electrons. The van der Waals surface area contributed by atoms with Crippen LogP contribution in [0.1, 0.15) is 31.2 Å². The van der Waals surface area contributed by atoms with E-state index < -0.39 is 5.76 Å². The third-order valence-electron chi connectivity index (χ3n) is 4.76. The lowest BCUT2D eigenvalue weighted by molar-refractivity contribution is 0.291. The molecule has 7 heteroatoms. The van der Waals surface area contributed by atoms with Crippen LogP contribution in [0.3, 0.4) is 0 Å². The molecule has 1 aromatic carbocycles. The molecule has 0 bridgehead atoms. The number of benzene rings is 1. The van der Waals surface area contributed by atoms with Crippen molar-refractivity contribution in [2.45, 2.75) is 37.9 Å². The van der Waals surface area contributed by atoms with Gasteiger partial charge < -0.3 is 4.42 Å². The first-order valence-corrected chi connectivity index (χ1v) is 9.55. The van der Waals surface area contributed by atoms with Gasteiger partial charge in [0.05, 0.1) is 11.5 Å². The van der Waals surface area contributed by atoms with E-state index in [1.165, 1.54) is 21.6 Å². The standard InChI is InChI=1S/C18H18ClN3O2S/c19-14-7-5-13(6-8-14)18(9-1-2-10-18)20-12-22-17(23)24-16(21-22)15-4-3-11-25-15/h3-8,11,20H,1-2,9-10,12H2. The van der Waals surface area contributed by atoms with E-state index in [0.717, 1.165) is 35.6 Å². The van der Waals surface area contributed by atoms with Crippen LogP contribution in [-0.4, -0.2) is 9.78 Å². The Hall–Kier alpha value is -1.89. The van der Waals surface area contributed by atoms with Gasteiger partial charge >= 0.3 is 5.76 Å². The van der Waals surface area contributed by atoms with Crippen molar-refractivity contribution in [2.24, 2.45) is 0 Å². The largest absolute Gasteiger partial charge is 0.438 e. The van der Waals surface area contributed by atoms with Crippen molar-refractivity contribution in [1.29, 1.82) is 0 Å². The summed E-state index contributed by atoms with van der Waals surface area (Å²) in [4.78, 5) is 13.0. The van der Waals surface area contributed by atoms with Gasteiger partial charge in [-0.25, -0.2) is 4.79 Å². The molecule has 0 atom stereocenters. The number of hydrogen-bond donors (Lipinski definition) is 1. The molecule has 0 amide bonds. The lowest BCUT2D eigenvalue weighted by atomic mass is 9.88. The molecule has 5 nitrogen and oxygen atoms in total. The summed E-state index contributed by atoms with van der Waals surface area (Å²) in [5.41, 5.74) is 1.05. The normalized spacial score (nSPS) is 16.4. The first-order valence-electron chi connectivity index (χ1n) is 8.29. The first-order chi connectivity index (χ1) is 12.2. The highest BCUT2D eigenvalue weighted by Crippen LogP contribution is 2.39. The Morgan fingerprint density at radius 2 is 2.00 bits per heavy atom. The number of nitrogens with zero attached hydrogens (tertiary/aromatic N) is 2. The smallest absolute Gasteiger partial charge is 0.387 e. The molecule has 1 aliphatic rings. The minimum absolute atomic E-state index is 0.147. The van der Waals surface area contributed by atoms with Crippen molar-refractivity contribution in [3.63, 3.8) is 0 Å². The molecule has 2 heterocycles. The second-order valence-corrected chi connectivity index (χ2v) is 7.67. The molecule has 3 aromatic rings. The highest BCUT2D eigenvalue weighted by Gasteiger charge is 2.35. The zero-order valence-corrected chi connectivity index (χ0v) is 15.1. The van der Waals surface area contributed by atoms with E-state index in [2.05, 4.69) is 22.5 Å². The summed E-state index contributed by atoms with van der Waals surface area (Å²) in [5, 5.41) is 10.5. The fourth-order valence-corrected chi connectivity index (χ4v) is 4.22. The van der Waals surface area contributed by atoms with Gasteiger partial charge in [0.2, 0.25) is 0 Å². The summed E-state index contributed by atoms with van der Waals surface area (Å²) in [6.45, 7) is 0.316. The Kier molecular flexibility index (Phi) is 4.50. The molecule has 1 N–H and O–H groups in total.